The predicted octanol–water partition coefficient (Wildman–Crippen LogP) is 4.87. The molecule has 0 bridgehead atoms. The van der Waals surface area contributed by atoms with Crippen LogP contribution in [0.1, 0.15) is 18.4 Å². The third kappa shape index (κ3) is 7.61. The Kier molecular flexibility index (Phi) is 8.51. The third-order valence-corrected chi connectivity index (χ3v) is 5.65. The van der Waals surface area contributed by atoms with Crippen LogP contribution < -0.4 is 20.7 Å². The first-order chi connectivity index (χ1) is 17.8. The van der Waals surface area contributed by atoms with E-state index in [2.05, 4.69) is 35.9 Å². The van der Waals surface area contributed by atoms with Gasteiger partial charge < -0.3 is 25.1 Å². The Bertz CT molecular complexity index is 1330. The van der Waals surface area contributed by atoms with Crippen molar-refractivity contribution in [3.63, 3.8) is 0 Å². The zero-order valence-corrected chi connectivity index (χ0v) is 20.2. The van der Waals surface area contributed by atoms with Crippen molar-refractivity contribution in [2.45, 2.75) is 25.7 Å². The lowest BCUT2D eigenvalue weighted by atomic mass is 10.1. The number of hydrogen-bond donors (Lipinski definition) is 4. The molecule has 0 fully saturated rings. The fraction of sp³-hybridized carbons (Fsp3) is 0.292. The lowest BCUT2D eigenvalue weighted by molar-refractivity contribution is -0.274. The van der Waals surface area contributed by atoms with Crippen molar-refractivity contribution in [1.82, 2.24) is 25.8 Å². The minimum atomic E-state index is -4.80. The molecule has 0 aliphatic rings. The number of carbonyl (C=O) groups is 1. The summed E-state index contributed by atoms with van der Waals surface area (Å²) < 4.78 is 45.9. The summed E-state index contributed by atoms with van der Waals surface area (Å²) in [7, 11) is 0. The van der Waals surface area contributed by atoms with Gasteiger partial charge in [0.15, 0.2) is 6.39 Å². The quantitative estimate of drug-likeness (QED) is 0.191. The molecule has 0 atom stereocenters. The highest BCUT2D eigenvalue weighted by atomic mass is 35.5. The summed E-state index contributed by atoms with van der Waals surface area (Å²) in [5.41, 5.74) is 4.05. The first kappa shape index (κ1) is 26.3. The number of hydrogen-bond acceptors (Lipinski definition) is 7. The average molecular weight is 537 g/mol. The van der Waals surface area contributed by atoms with Crippen LogP contribution in [0.2, 0.25) is 5.02 Å². The maximum atomic E-state index is 12.3. The lowest BCUT2D eigenvalue weighted by Crippen LogP contribution is -2.29. The number of nitrogens with one attached hydrogen (secondary N) is 4. The number of rotatable bonds is 12. The zero-order valence-electron chi connectivity index (χ0n) is 19.5. The highest BCUT2D eigenvalue weighted by Crippen LogP contribution is 2.31. The highest BCUT2D eigenvalue weighted by molar-refractivity contribution is 6.32. The number of halogens is 4. The van der Waals surface area contributed by atoms with E-state index in [4.69, 9.17) is 16.0 Å². The largest absolute Gasteiger partial charge is 0.573 e. The number of anilines is 1. The number of benzene rings is 2. The van der Waals surface area contributed by atoms with E-state index in [1.807, 2.05) is 12.1 Å². The summed E-state index contributed by atoms with van der Waals surface area (Å²) in [5.74, 6) is -0.562. The summed E-state index contributed by atoms with van der Waals surface area (Å²) in [6.07, 6.45) is 0.857. The Hall–Kier alpha value is -3.77. The Morgan fingerprint density at radius 1 is 1.16 bits per heavy atom. The Morgan fingerprint density at radius 3 is 2.78 bits per heavy atom. The molecule has 0 saturated heterocycles. The number of ether oxygens (including phenoxy) is 1. The van der Waals surface area contributed by atoms with Gasteiger partial charge in [-0.15, -0.1) is 13.2 Å². The number of aromatic nitrogens is 3. The molecule has 2 aromatic heterocycles. The number of fused-ring (bicyclic) bond motifs is 1. The number of alkyl halides is 3. The van der Waals surface area contributed by atoms with Crippen LogP contribution in [0.5, 0.6) is 5.75 Å². The van der Waals surface area contributed by atoms with Gasteiger partial charge in [0.05, 0.1) is 16.7 Å². The molecule has 0 aliphatic heterocycles. The minimum absolute atomic E-state index is 0.107. The molecule has 0 radical (unpaired) electrons. The lowest BCUT2D eigenvalue weighted by Gasteiger charge is -2.12. The van der Waals surface area contributed by atoms with Crippen molar-refractivity contribution < 1.29 is 27.1 Å². The predicted molar refractivity (Wildman–Crippen MR) is 132 cm³/mol. The van der Waals surface area contributed by atoms with Crippen LogP contribution in [-0.4, -0.2) is 47.1 Å². The summed E-state index contributed by atoms with van der Waals surface area (Å²) in [4.78, 5) is 16.3. The number of oxazole rings is 1. The molecular weight excluding hydrogens is 513 g/mol. The van der Waals surface area contributed by atoms with Crippen LogP contribution in [0.4, 0.5) is 18.9 Å². The molecule has 196 valence electrons. The van der Waals surface area contributed by atoms with E-state index in [0.717, 1.165) is 33.9 Å². The van der Waals surface area contributed by atoms with Crippen molar-refractivity contribution in [1.29, 1.82) is 0 Å². The molecule has 0 unspecified atom stereocenters. The number of nitrogens with zero attached hydrogens (tertiary/aromatic N) is 2. The summed E-state index contributed by atoms with van der Waals surface area (Å²) in [6, 6.07) is 7.96. The van der Waals surface area contributed by atoms with Gasteiger partial charge in [0.2, 0.25) is 5.91 Å². The molecule has 37 heavy (non-hydrogen) atoms. The Balaban J connectivity index is 1.14. The van der Waals surface area contributed by atoms with Crippen LogP contribution in [0.15, 0.2) is 53.6 Å². The third-order valence-electron chi connectivity index (χ3n) is 5.36. The van der Waals surface area contributed by atoms with E-state index in [9.17, 15) is 18.0 Å². The van der Waals surface area contributed by atoms with Crippen LogP contribution >= 0.6 is 11.6 Å². The van der Waals surface area contributed by atoms with Crippen molar-refractivity contribution in [3.8, 4) is 17.0 Å². The second-order valence-corrected chi connectivity index (χ2v) is 8.51. The van der Waals surface area contributed by atoms with Gasteiger partial charge in [-0.25, -0.2) is 4.98 Å². The minimum Gasteiger partial charge on any atom is -0.451 e. The highest BCUT2D eigenvalue weighted by Gasteiger charge is 2.32. The fourth-order valence-corrected chi connectivity index (χ4v) is 3.87. The van der Waals surface area contributed by atoms with Gasteiger partial charge in [0.1, 0.15) is 17.7 Å². The molecule has 4 aromatic rings. The molecule has 2 aromatic carbocycles. The van der Waals surface area contributed by atoms with Gasteiger partial charge in [-0.05, 0) is 36.2 Å². The van der Waals surface area contributed by atoms with Gasteiger partial charge in [-0.1, -0.05) is 17.7 Å². The van der Waals surface area contributed by atoms with Crippen molar-refractivity contribution in [2.75, 3.05) is 25.0 Å². The second-order valence-electron chi connectivity index (χ2n) is 8.10. The number of aromatic amines is 1. The topological polar surface area (TPSA) is 117 Å². The fourth-order valence-electron chi connectivity index (χ4n) is 3.62. The molecule has 1 amide bonds. The number of H-pyrrole nitrogens is 1. The van der Waals surface area contributed by atoms with Gasteiger partial charge in [-0.2, -0.15) is 5.10 Å². The van der Waals surface area contributed by atoms with Crippen LogP contribution in [0.3, 0.4) is 0 Å². The van der Waals surface area contributed by atoms with Gasteiger partial charge in [0.25, 0.3) is 0 Å². The van der Waals surface area contributed by atoms with E-state index in [-0.39, 0.29) is 17.4 Å². The van der Waals surface area contributed by atoms with Gasteiger partial charge >= 0.3 is 6.36 Å². The van der Waals surface area contributed by atoms with Crippen LogP contribution in [0.25, 0.3) is 22.2 Å². The molecule has 9 nitrogen and oxygen atoms in total. The maximum absolute atomic E-state index is 12.3. The van der Waals surface area contributed by atoms with E-state index in [1.165, 1.54) is 18.5 Å². The monoisotopic (exact) mass is 536 g/mol. The number of carbonyl (C=O) groups excluding carboxylic acids is 1. The van der Waals surface area contributed by atoms with Crippen molar-refractivity contribution in [2.24, 2.45) is 0 Å². The Labute approximate surface area is 214 Å². The molecule has 4 rings (SSSR count). The van der Waals surface area contributed by atoms with Crippen molar-refractivity contribution >= 4 is 34.1 Å². The van der Waals surface area contributed by atoms with E-state index in [1.54, 1.807) is 12.5 Å². The standard InChI is InChI=1S/C24H24ClF3N6O3/c25-18-8-15(2-3-22(18)37-24(26,27)28)11-29-7-4-23(35)31-6-1-5-30-19-9-16(21-13-36-14-32-21)10-20-17(19)12-33-34-20/h2-3,8-10,12-14,29-30H,1,4-7,11H2,(H,31,35)(H,33,34). The summed E-state index contributed by atoms with van der Waals surface area (Å²) in [5, 5.41) is 17.2. The molecule has 0 spiro atoms. The summed E-state index contributed by atoms with van der Waals surface area (Å²) in [6.45, 7) is 1.88. The van der Waals surface area contributed by atoms with E-state index < -0.39 is 12.1 Å². The Morgan fingerprint density at radius 2 is 2.03 bits per heavy atom. The molecule has 0 aliphatic carbocycles. The first-order valence-corrected chi connectivity index (χ1v) is 11.8. The second kappa shape index (κ2) is 12.0. The molecule has 0 saturated carbocycles. The van der Waals surface area contributed by atoms with Crippen LogP contribution in [-0.2, 0) is 11.3 Å². The summed E-state index contributed by atoms with van der Waals surface area (Å²) >= 11 is 5.84. The average Bonchev–Trinajstić information content (AvgIpc) is 3.54. The zero-order chi connectivity index (χ0) is 26.3. The smallest absolute Gasteiger partial charge is 0.451 e. The molecule has 4 N–H and O–H groups in total. The molecule has 13 heteroatoms. The van der Waals surface area contributed by atoms with Gasteiger partial charge in [0, 0.05) is 49.2 Å². The van der Waals surface area contributed by atoms with E-state index >= 15 is 0 Å². The molecular formula is C24H24ClF3N6O3. The maximum Gasteiger partial charge on any atom is 0.573 e. The van der Waals surface area contributed by atoms with E-state index in [0.29, 0.717) is 38.2 Å². The van der Waals surface area contributed by atoms with Gasteiger partial charge in [-0.3, -0.25) is 9.89 Å². The molecule has 2 heterocycles. The normalized spacial score (nSPS) is 11.6. The van der Waals surface area contributed by atoms with Crippen LogP contribution in [0, 0.1) is 0 Å². The first-order valence-electron chi connectivity index (χ1n) is 11.4. The van der Waals surface area contributed by atoms with Crippen molar-refractivity contribution in [3.05, 3.63) is 59.8 Å². The number of amides is 1. The SMILES string of the molecule is O=C(CCNCc1ccc(OC(F)(F)F)c(Cl)c1)NCCCNc1cc(-c2cocn2)cc2[nH]ncc12.